The lowest BCUT2D eigenvalue weighted by Gasteiger charge is -2.25. The maximum Gasteiger partial charge on any atom is 0.131 e. The van der Waals surface area contributed by atoms with Crippen LogP contribution in [0.3, 0.4) is 0 Å². The molecule has 4 nitrogen and oxygen atoms in total. The second-order valence-electron chi connectivity index (χ2n) is 5.56. The minimum Gasteiger partial charge on any atom is -0.386 e. The van der Waals surface area contributed by atoms with E-state index in [0.29, 0.717) is 11.5 Å². The molecule has 0 bridgehead atoms. The summed E-state index contributed by atoms with van der Waals surface area (Å²) in [4.78, 5) is 8.62. The number of hydrogen-bond donors (Lipinski definition) is 2. The van der Waals surface area contributed by atoms with E-state index in [9.17, 15) is 5.11 Å². The van der Waals surface area contributed by atoms with Gasteiger partial charge in [-0.3, -0.25) is 0 Å². The molecule has 0 amide bonds. The summed E-state index contributed by atoms with van der Waals surface area (Å²) in [5, 5.41) is 13.4. The van der Waals surface area contributed by atoms with Crippen LogP contribution in [0.1, 0.15) is 32.6 Å². The Morgan fingerprint density at radius 1 is 1.05 bits per heavy atom. The summed E-state index contributed by atoms with van der Waals surface area (Å²) in [6, 6.07) is 11.2. The van der Waals surface area contributed by atoms with Crippen LogP contribution in [0.15, 0.2) is 42.6 Å². The first-order chi connectivity index (χ1) is 8.97. The number of aliphatic hydroxyl groups excluding tert-OH is 1. The first kappa shape index (κ1) is 13.5. The first-order valence-electron chi connectivity index (χ1n) is 6.30. The standard InChI is InChI=1S/C15H19N3O/c1-15(2,3)14(19)11-7-6-9-13(17-11)18-12-8-4-5-10-16-12/h4-10,14,19H,1-3H3,(H,16,17,18)/t14-/m0/s1. The van der Waals surface area contributed by atoms with Gasteiger partial charge in [0.25, 0.3) is 0 Å². The van der Waals surface area contributed by atoms with Gasteiger partial charge in [0.05, 0.1) is 5.69 Å². The van der Waals surface area contributed by atoms with E-state index in [1.165, 1.54) is 0 Å². The Labute approximate surface area is 113 Å². The topological polar surface area (TPSA) is 58.0 Å². The highest BCUT2D eigenvalue weighted by molar-refractivity contribution is 5.51. The van der Waals surface area contributed by atoms with Gasteiger partial charge in [0.15, 0.2) is 0 Å². The van der Waals surface area contributed by atoms with Crippen molar-refractivity contribution < 1.29 is 5.11 Å². The minimum atomic E-state index is -0.599. The molecule has 100 valence electrons. The normalized spacial score (nSPS) is 13.1. The molecule has 2 aromatic heterocycles. The number of aromatic nitrogens is 2. The predicted octanol–water partition coefficient (Wildman–Crippen LogP) is 3.30. The molecule has 0 spiro atoms. The third-order valence-electron chi connectivity index (χ3n) is 2.79. The van der Waals surface area contributed by atoms with E-state index < -0.39 is 6.10 Å². The number of rotatable bonds is 3. The summed E-state index contributed by atoms with van der Waals surface area (Å²) in [6.45, 7) is 5.95. The fourth-order valence-corrected chi connectivity index (χ4v) is 1.68. The van der Waals surface area contributed by atoms with Crippen LogP contribution in [0, 0.1) is 5.41 Å². The molecule has 2 aromatic rings. The molecule has 0 aliphatic rings. The van der Waals surface area contributed by atoms with E-state index in [2.05, 4.69) is 15.3 Å². The van der Waals surface area contributed by atoms with Gasteiger partial charge in [-0.1, -0.05) is 32.9 Å². The zero-order valence-corrected chi connectivity index (χ0v) is 11.5. The number of anilines is 2. The van der Waals surface area contributed by atoms with E-state index in [-0.39, 0.29) is 5.41 Å². The van der Waals surface area contributed by atoms with Crippen molar-refractivity contribution in [1.82, 2.24) is 9.97 Å². The molecular weight excluding hydrogens is 238 g/mol. The quantitative estimate of drug-likeness (QED) is 0.885. The zero-order chi connectivity index (χ0) is 13.9. The molecule has 0 fully saturated rings. The van der Waals surface area contributed by atoms with Crippen molar-refractivity contribution in [2.45, 2.75) is 26.9 Å². The number of nitrogens with zero attached hydrogens (tertiary/aromatic N) is 2. The second-order valence-corrected chi connectivity index (χ2v) is 5.56. The molecule has 0 unspecified atom stereocenters. The maximum absolute atomic E-state index is 10.2. The highest BCUT2D eigenvalue weighted by atomic mass is 16.3. The summed E-state index contributed by atoms with van der Waals surface area (Å²) >= 11 is 0. The van der Waals surface area contributed by atoms with Crippen molar-refractivity contribution >= 4 is 11.6 Å². The molecule has 2 rings (SSSR count). The molecule has 1 atom stereocenters. The van der Waals surface area contributed by atoms with Gasteiger partial charge in [-0.15, -0.1) is 0 Å². The van der Waals surface area contributed by atoms with E-state index >= 15 is 0 Å². The van der Waals surface area contributed by atoms with Crippen molar-refractivity contribution in [2.24, 2.45) is 5.41 Å². The van der Waals surface area contributed by atoms with Crippen molar-refractivity contribution in [2.75, 3.05) is 5.32 Å². The number of pyridine rings is 2. The van der Waals surface area contributed by atoms with Crippen LogP contribution in [-0.4, -0.2) is 15.1 Å². The Morgan fingerprint density at radius 3 is 2.42 bits per heavy atom. The van der Waals surface area contributed by atoms with Gasteiger partial charge in [0, 0.05) is 6.20 Å². The van der Waals surface area contributed by atoms with Crippen molar-refractivity contribution in [1.29, 1.82) is 0 Å². The molecule has 0 aromatic carbocycles. The lowest BCUT2D eigenvalue weighted by atomic mass is 9.87. The summed E-state index contributed by atoms with van der Waals surface area (Å²) in [5.41, 5.74) is 0.421. The molecule has 2 N–H and O–H groups in total. The minimum absolute atomic E-state index is 0.239. The summed E-state index contributed by atoms with van der Waals surface area (Å²) in [5.74, 6) is 1.41. The molecular formula is C15H19N3O. The van der Waals surface area contributed by atoms with Crippen LogP contribution in [0.25, 0.3) is 0 Å². The van der Waals surface area contributed by atoms with Gasteiger partial charge in [0.2, 0.25) is 0 Å². The molecule has 19 heavy (non-hydrogen) atoms. The Kier molecular flexibility index (Phi) is 3.81. The Hall–Kier alpha value is -1.94. The smallest absolute Gasteiger partial charge is 0.131 e. The first-order valence-corrected chi connectivity index (χ1v) is 6.30. The van der Waals surface area contributed by atoms with Crippen molar-refractivity contribution in [3.63, 3.8) is 0 Å². The average molecular weight is 257 g/mol. The Balaban J connectivity index is 2.20. The van der Waals surface area contributed by atoms with E-state index in [0.717, 1.165) is 5.82 Å². The van der Waals surface area contributed by atoms with Gasteiger partial charge >= 0.3 is 0 Å². The van der Waals surface area contributed by atoms with Crippen molar-refractivity contribution in [3.8, 4) is 0 Å². The summed E-state index contributed by atoms with van der Waals surface area (Å²) in [7, 11) is 0. The zero-order valence-electron chi connectivity index (χ0n) is 11.5. The van der Waals surface area contributed by atoms with E-state index in [1.54, 1.807) is 6.20 Å². The highest BCUT2D eigenvalue weighted by Gasteiger charge is 2.25. The lowest BCUT2D eigenvalue weighted by Crippen LogP contribution is -2.19. The molecule has 4 heteroatoms. The van der Waals surface area contributed by atoms with Gasteiger partial charge in [-0.25, -0.2) is 9.97 Å². The monoisotopic (exact) mass is 257 g/mol. The van der Waals surface area contributed by atoms with Gasteiger partial charge in [-0.2, -0.15) is 0 Å². The maximum atomic E-state index is 10.2. The van der Waals surface area contributed by atoms with Crippen LogP contribution < -0.4 is 5.32 Å². The fourth-order valence-electron chi connectivity index (χ4n) is 1.68. The molecule has 0 saturated carbocycles. The SMILES string of the molecule is CC(C)(C)[C@@H](O)c1cccc(Nc2ccccn2)n1. The second kappa shape index (κ2) is 5.36. The van der Waals surface area contributed by atoms with Crippen LogP contribution in [-0.2, 0) is 0 Å². The molecule has 0 radical (unpaired) electrons. The van der Waals surface area contributed by atoms with E-state index in [1.807, 2.05) is 57.2 Å². The number of nitrogens with one attached hydrogen (secondary N) is 1. The number of hydrogen-bond acceptors (Lipinski definition) is 4. The average Bonchev–Trinajstić information content (AvgIpc) is 2.38. The predicted molar refractivity (Wildman–Crippen MR) is 76.2 cm³/mol. The highest BCUT2D eigenvalue weighted by Crippen LogP contribution is 2.31. The largest absolute Gasteiger partial charge is 0.386 e. The van der Waals surface area contributed by atoms with Crippen LogP contribution in [0.4, 0.5) is 11.6 Å². The van der Waals surface area contributed by atoms with Crippen LogP contribution in [0.5, 0.6) is 0 Å². The van der Waals surface area contributed by atoms with Gasteiger partial charge in [0.1, 0.15) is 17.7 Å². The summed E-state index contributed by atoms with van der Waals surface area (Å²) in [6.07, 6.45) is 1.12. The fraction of sp³-hybridized carbons (Fsp3) is 0.333. The lowest BCUT2D eigenvalue weighted by molar-refractivity contribution is 0.0590. The van der Waals surface area contributed by atoms with Gasteiger partial charge in [-0.05, 0) is 29.7 Å². The van der Waals surface area contributed by atoms with E-state index in [4.69, 9.17) is 0 Å². The van der Waals surface area contributed by atoms with Crippen LogP contribution >= 0.6 is 0 Å². The molecule has 2 heterocycles. The Morgan fingerprint density at radius 2 is 1.79 bits per heavy atom. The van der Waals surface area contributed by atoms with Crippen LogP contribution in [0.2, 0.25) is 0 Å². The third-order valence-corrected chi connectivity index (χ3v) is 2.79. The third kappa shape index (κ3) is 3.51. The molecule has 0 saturated heterocycles. The van der Waals surface area contributed by atoms with Gasteiger partial charge < -0.3 is 10.4 Å². The number of aliphatic hydroxyl groups is 1. The van der Waals surface area contributed by atoms with Crippen molar-refractivity contribution in [3.05, 3.63) is 48.3 Å². The Bertz CT molecular complexity index is 535. The summed E-state index contributed by atoms with van der Waals surface area (Å²) < 4.78 is 0. The molecule has 0 aliphatic heterocycles. The molecule has 0 aliphatic carbocycles.